The summed E-state index contributed by atoms with van der Waals surface area (Å²) in [5.41, 5.74) is 2.66. The number of esters is 1. The highest BCUT2D eigenvalue weighted by Gasteiger charge is 2.28. The molecule has 5 aromatic rings. The fraction of sp³-hybridized carbons (Fsp3) is 0.364. The second-order valence-electron chi connectivity index (χ2n) is 14.2. The summed E-state index contributed by atoms with van der Waals surface area (Å²) < 4.78 is 21.3. The van der Waals surface area contributed by atoms with Crippen LogP contribution in [0.4, 0.5) is 22.1 Å². The second kappa shape index (κ2) is 21.5. The summed E-state index contributed by atoms with van der Waals surface area (Å²) >= 11 is 12.9. The number of oxazole rings is 1. The fourth-order valence-corrected chi connectivity index (χ4v) is 7.51. The molecule has 2 aliphatic heterocycles. The van der Waals surface area contributed by atoms with Crippen molar-refractivity contribution in [3.63, 3.8) is 0 Å². The van der Waals surface area contributed by atoms with E-state index in [0.29, 0.717) is 77.2 Å². The molecule has 0 atom stereocenters. The van der Waals surface area contributed by atoms with Crippen molar-refractivity contribution in [1.29, 1.82) is 0 Å². The summed E-state index contributed by atoms with van der Waals surface area (Å²) in [6.07, 6.45) is 7.27. The number of rotatable bonds is 12. The average molecular weight is 874 g/mol. The number of aryl methyl sites for hydroxylation is 1. The number of para-hydroxylation sites is 1. The molecule has 2 fully saturated rings. The minimum Gasteiger partial charge on any atom is -0.494 e. The summed E-state index contributed by atoms with van der Waals surface area (Å²) in [6, 6.07) is 18.4. The zero-order valence-electron chi connectivity index (χ0n) is 34.7. The highest BCUT2D eigenvalue weighted by molar-refractivity contribution is 6.33. The third-order valence-electron chi connectivity index (χ3n) is 10.3. The molecule has 17 heteroatoms. The number of ether oxygens (including phenoxy) is 3. The van der Waals surface area contributed by atoms with Gasteiger partial charge in [-0.1, -0.05) is 66.5 Å². The minimum atomic E-state index is -0.461. The Labute approximate surface area is 365 Å². The van der Waals surface area contributed by atoms with Crippen molar-refractivity contribution in [3.05, 3.63) is 106 Å². The zero-order valence-corrected chi connectivity index (χ0v) is 36.2. The summed E-state index contributed by atoms with van der Waals surface area (Å²) in [5.74, 6) is 3.38. The van der Waals surface area contributed by atoms with E-state index in [1.54, 1.807) is 48.5 Å². The van der Waals surface area contributed by atoms with Crippen molar-refractivity contribution in [2.45, 2.75) is 39.7 Å². The van der Waals surface area contributed by atoms with Crippen LogP contribution in [0.3, 0.4) is 0 Å². The Hall–Kier alpha value is -6.06. The summed E-state index contributed by atoms with van der Waals surface area (Å²) in [4.78, 5) is 56.1. The fourth-order valence-electron chi connectivity index (χ4n) is 6.94. The number of amides is 3. The van der Waals surface area contributed by atoms with Gasteiger partial charge in [-0.25, -0.2) is 24.5 Å². The van der Waals surface area contributed by atoms with Crippen molar-refractivity contribution in [2.75, 3.05) is 75.2 Å². The Balaban J connectivity index is 0.000000204. The number of methoxy groups -OCH3 is 2. The Morgan fingerprint density at radius 3 is 2.02 bits per heavy atom. The third-order valence-corrected chi connectivity index (χ3v) is 10.9. The van der Waals surface area contributed by atoms with Crippen LogP contribution in [0.5, 0.6) is 11.5 Å². The molecule has 0 saturated carbocycles. The maximum atomic E-state index is 12.8. The van der Waals surface area contributed by atoms with Crippen molar-refractivity contribution in [1.82, 2.24) is 25.2 Å². The largest absolute Gasteiger partial charge is 0.494 e. The lowest BCUT2D eigenvalue weighted by Crippen LogP contribution is -2.50. The van der Waals surface area contributed by atoms with Gasteiger partial charge in [-0.05, 0) is 49.6 Å². The Bertz CT molecular complexity index is 2240. The number of aromatic nitrogens is 3. The van der Waals surface area contributed by atoms with E-state index in [1.165, 1.54) is 20.4 Å². The first-order valence-electron chi connectivity index (χ1n) is 20.1. The SMILES string of the molecule is CCOC(=O)c1cnc(N2CCN(C(=O)Nc3c(OC)cccc3OC)CC2)c(Cl)c1.CCc1cnc(-c2cnc(N3CCC(C(=O)NCc4ccccc4)CC3)c(Cl)c2)o1. The predicted octanol–water partition coefficient (Wildman–Crippen LogP) is 7.77. The summed E-state index contributed by atoms with van der Waals surface area (Å²) in [5, 5.41) is 6.85. The van der Waals surface area contributed by atoms with Crippen LogP contribution >= 0.6 is 23.2 Å². The number of pyridine rings is 2. The number of hydrogen-bond acceptors (Lipinski definition) is 12. The van der Waals surface area contributed by atoms with Crippen molar-refractivity contribution >= 4 is 58.4 Å². The number of halogens is 2. The number of hydrogen-bond donors (Lipinski definition) is 2. The lowest BCUT2D eigenvalue weighted by molar-refractivity contribution is -0.125. The standard InChI is InChI=1S/C23H25ClN4O2.C21H25ClN4O5/c1-2-19-15-27-23(30-19)18-12-20(24)21(25-14-18)28-10-8-17(9-11-28)22(29)26-13-16-6-4-3-5-7-16;1-4-31-20(27)14-12-15(22)19(23-13-14)25-8-10-26(11-9-25)21(28)24-18-16(29-2)6-5-7-17(18)30-3/h3-7,12,14-15,17H,2,8-11,13H2,1H3,(H,26,29);5-7,12-13H,4,8-11H2,1-3H3,(H,24,28). The van der Waals surface area contributed by atoms with E-state index in [-0.39, 0.29) is 24.5 Å². The zero-order chi connectivity index (χ0) is 43.3. The first-order valence-corrected chi connectivity index (χ1v) is 20.9. The molecule has 61 heavy (non-hydrogen) atoms. The predicted molar refractivity (Wildman–Crippen MR) is 235 cm³/mol. The number of piperazine rings is 1. The van der Waals surface area contributed by atoms with Crippen LogP contribution in [0.25, 0.3) is 11.5 Å². The van der Waals surface area contributed by atoms with E-state index in [9.17, 15) is 14.4 Å². The normalized spacial score (nSPS) is 14.1. The number of benzene rings is 2. The third kappa shape index (κ3) is 11.4. The van der Waals surface area contributed by atoms with Crippen LogP contribution in [-0.4, -0.2) is 97.9 Å². The first kappa shape index (κ1) is 44.5. The van der Waals surface area contributed by atoms with Crippen molar-refractivity contribution in [2.24, 2.45) is 5.92 Å². The van der Waals surface area contributed by atoms with Crippen molar-refractivity contribution in [3.8, 4) is 23.0 Å². The Morgan fingerprint density at radius 1 is 0.787 bits per heavy atom. The minimum absolute atomic E-state index is 0.0165. The second-order valence-corrected chi connectivity index (χ2v) is 15.0. The van der Waals surface area contributed by atoms with Gasteiger partial charge in [0.1, 0.15) is 34.6 Å². The molecule has 5 heterocycles. The van der Waals surface area contributed by atoms with Gasteiger partial charge in [-0.3, -0.25) is 4.79 Å². The van der Waals surface area contributed by atoms with Gasteiger partial charge in [-0.2, -0.15) is 0 Å². The topological polar surface area (TPSA) is 164 Å². The number of carbonyl (C=O) groups excluding carboxylic acids is 3. The number of piperidine rings is 1. The maximum Gasteiger partial charge on any atom is 0.339 e. The lowest BCUT2D eigenvalue weighted by atomic mass is 9.95. The quantitative estimate of drug-likeness (QED) is 0.117. The number of carbonyl (C=O) groups is 3. The number of nitrogens with one attached hydrogen (secondary N) is 2. The monoisotopic (exact) mass is 872 g/mol. The smallest absolute Gasteiger partial charge is 0.339 e. The molecule has 3 amide bonds. The van der Waals surface area contributed by atoms with E-state index in [2.05, 4.69) is 30.5 Å². The van der Waals surface area contributed by atoms with E-state index < -0.39 is 5.97 Å². The molecule has 2 aromatic carbocycles. The molecule has 0 bridgehead atoms. The van der Waals surface area contributed by atoms with Gasteiger partial charge in [0.15, 0.2) is 0 Å². The van der Waals surface area contributed by atoms with E-state index in [0.717, 1.165) is 55.1 Å². The van der Waals surface area contributed by atoms with Gasteiger partial charge in [0.2, 0.25) is 11.8 Å². The Morgan fingerprint density at radius 2 is 1.43 bits per heavy atom. The summed E-state index contributed by atoms with van der Waals surface area (Å²) in [6.45, 7) is 8.12. The molecule has 0 aliphatic carbocycles. The van der Waals surface area contributed by atoms with E-state index in [1.807, 2.05) is 48.2 Å². The molecule has 2 saturated heterocycles. The molecule has 3 aromatic heterocycles. The molecule has 0 spiro atoms. The molecular formula is C44H50Cl2N8O7. The van der Waals surface area contributed by atoms with Crippen LogP contribution in [0.1, 0.15) is 48.4 Å². The van der Waals surface area contributed by atoms with Gasteiger partial charge in [0.05, 0.1) is 48.2 Å². The van der Waals surface area contributed by atoms with Crippen LogP contribution in [-0.2, 0) is 22.5 Å². The van der Waals surface area contributed by atoms with Crippen molar-refractivity contribution < 1.29 is 33.0 Å². The van der Waals surface area contributed by atoms with Crippen LogP contribution < -0.4 is 29.9 Å². The molecule has 322 valence electrons. The first-order chi connectivity index (χ1) is 29.6. The van der Waals surface area contributed by atoms with Gasteiger partial charge in [-0.15, -0.1) is 0 Å². The Kier molecular flexibility index (Phi) is 15.6. The molecule has 0 unspecified atom stereocenters. The molecular weight excluding hydrogens is 823 g/mol. The van der Waals surface area contributed by atoms with Crippen LogP contribution in [0.15, 0.2) is 83.7 Å². The lowest BCUT2D eigenvalue weighted by Gasteiger charge is -2.35. The highest BCUT2D eigenvalue weighted by atomic mass is 35.5. The summed E-state index contributed by atoms with van der Waals surface area (Å²) in [7, 11) is 3.07. The molecule has 2 aliphatic rings. The van der Waals surface area contributed by atoms with Gasteiger partial charge < -0.3 is 44.0 Å². The van der Waals surface area contributed by atoms with Gasteiger partial charge in [0, 0.05) is 70.5 Å². The van der Waals surface area contributed by atoms with Crippen LogP contribution in [0, 0.1) is 5.92 Å². The molecule has 7 rings (SSSR count). The van der Waals surface area contributed by atoms with Crippen LogP contribution in [0.2, 0.25) is 10.0 Å². The molecule has 0 radical (unpaired) electrons. The number of anilines is 3. The maximum absolute atomic E-state index is 12.8. The molecule has 2 N–H and O–H groups in total. The van der Waals surface area contributed by atoms with E-state index in [4.69, 9.17) is 41.8 Å². The average Bonchev–Trinajstić information content (AvgIpc) is 3.79. The number of urea groups is 1. The van der Waals surface area contributed by atoms with E-state index >= 15 is 0 Å². The van der Waals surface area contributed by atoms with Gasteiger partial charge in [0.25, 0.3) is 0 Å². The number of nitrogens with zero attached hydrogens (tertiary/aromatic N) is 6. The van der Waals surface area contributed by atoms with Gasteiger partial charge >= 0.3 is 12.0 Å². The molecule has 15 nitrogen and oxygen atoms in total. The highest BCUT2D eigenvalue weighted by Crippen LogP contribution is 2.35.